The first-order valence-corrected chi connectivity index (χ1v) is 10.2. The number of benzene rings is 1. The molecule has 0 fully saturated rings. The van der Waals surface area contributed by atoms with Gasteiger partial charge in [0.05, 0.1) is 22.6 Å². The fourth-order valence-electron chi connectivity index (χ4n) is 2.36. The Hall–Kier alpha value is -2.98. The van der Waals surface area contributed by atoms with Gasteiger partial charge in [-0.2, -0.15) is 0 Å². The van der Waals surface area contributed by atoms with Crippen molar-refractivity contribution in [2.24, 2.45) is 0 Å². The summed E-state index contributed by atoms with van der Waals surface area (Å²) in [6, 6.07) is 11.1. The van der Waals surface area contributed by atoms with Gasteiger partial charge in [-0.05, 0) is 37.3 Å². The lowest BCUT2D eigenvalue weighted by Crippen LogP contribution is -2.13. The van der Waals surface area contributed by atoms with E-state index in [1.54, 1.807) is 18.3 Å². The Kier molecular flexibility index (Phi) is 5.49. The van der Waals surface area contributed by atoms with E-state index in [0.717, 1.165) is 27.7 Å². The molecule has 0 aliphatic heterocycles. The molecule has 3 aromatic heterocycles. The first-order chi connectivity index (χ1) is 13.7. The number of nitrogens with one attached hydrogen (secondary N) is 1. The van der Waals surface area contributed by atoms with Gasteiger partial charge in [-0.15, -0.1) is 10.2 Å². The largest absolute Gasteiger partial charge is 0.494 e. The number of amides is 1. The molecule has 28 heavy (non-hydrogen) atoms. The number of carbonyl (C=O) groups is 1. The number of aromatic nitrogens is 4. The fourth-order valence-corrected chi connectivity index (χ4v) is 3.83. The van der Waals surface area contributed by atoms with Gasteiger partial charge in [-0.25, -0.2) is 4.98 Å². The predicted molar refractivity (Wildman–Crippen MR) is 108 cm³/mol. The van der Waals surface area contributed by atoms with Crippen LogP contribution in [0.1, 0.15) is 6.92 Å². The van der Waals surface area contributed by atoms with E-state index in [4.69, 9.17) is 9.15 Å². The van der Waals surface area contributed by atoms with Crippen molar-refractivity contribution in [2.75, 3.05) is 17.7 Å². The smallest absolute Gasteiger partial charge is 0.277 e. The summed E-state index contributed by atoms with van der Waals surface area (Å²) >= 11 is 2.55. The van der Waals surface area contributed by atoms with Gasteiger partial charge in [0.25, 0.3) is 11.1 Å². The van der Waals surface area contributed by atoms with Gasteiger partial charge in [0.2, 0.25) is 5.91 Å². The summed E-state index contributed by atoms with van der Waals surface area (Å²) in [6.45, 7) is 2.53. The molecular weight excluding hydrogens is 398 g/mol. The molecule has 4 aromatic rings. The normalized spacial score (nSPS) is 10.9. The van der Waals surface area contributed by atoms with Gasteiger partial charge < -0.3 is 14.5 Å². The summed E-state index contributed by atoms with van der Waals surface area (Å²) in [5.41, 5.74) is 1.40. The van der Waals surface area contributed by atoms with Crippen molar-refractivity contribution in [3.05, 3.63) is 42.6 Å². The molecule has 0 spiro atoms. The maximum absolute atomic E-state index is 12.2. The lowest BCUT2D eigenvalue weighted by Gasteiger charge is -2.00. The van der Waals surface area contributed by atoms with Crippen LogP contribution in [0.15, 0.2) is 52.2 Å². The van der Waals surface area contributed by atoms with Crippen molar-refractivity contribution in [2.45, 2.75) is 12.1 Å². The zero-order valence-corrected chi connectivity index (χ0v) is 16.4. The number of fused-ring (bicyclic) bond motifs is 1. The Morgan fingerprint density at radius 3 is 3.04 bits per heavy atom. The standard InChI is InChI=1S/C18H15N5O3S2/c1-2-25-11-6-7-12-14(9-11)28-17(20-12)21-15(24)10-27-18-23-22-16(26-18)13-5-3-4-8-19-13/h3-9H,2,10H2,1H3,(H,20,21,24). The van der Waals surface area contributed by atoms with Crippen LogP contribution in [-0.2, 0) is 4.79 Å². The minimum atomic E-state index is -0.202. The SMILES string of the molecule is CCOc1ccc2nc(NC(=O)CSc3nnc(-c4ccccn4)o3)sc2c1. The van der Waals surface area contributed by atoms with Crippen molar-refractivity contribution in [3.63, 3.8) is 0 Å². The maximum Gasteiger partial charge on any atom is 0.277 e. The van der Waals surface area contributed by atoms with E-state index in [9.17, 15) is 4.79 Å². The summed E-state index contributed by atoms with van der Waals surface area (Å²) in [4.78, 5) is 20.8. The summed E-state index contributed by atoms with van der Waals surface area (Å²) < 4.78 is 12.0. The monoisotopic (exact) mass is 413 g/mol. The molecule has 0 aliphatic carbocycles. The van der Waals surface area contributed by atoms with Gasteiger partial charge in [0.1, 0.15) is 11.4 Å². The number of rotatable bonds is 7. The van der Waals surface area contributed by atoms with Gasteiger partial charge in [-0.3, -0.25) is 9.78 Å². The summed E-state index contributed by atoms with van der Waals surface area (Å²) in [5, 5.41) is 11.5. The molecule has 0 unspecified atom stereocenters. The van der Waals surface area contributed by atoms with Crippen LogP contribution >= 0.6 is 23.1 Å². The van der Waals surface area contributed by atoms with E-state index in [0.29, 0.717) is 28.5 Å². The second kappa shape index (κ2) is 8.36. The second-order valence-electron chi connectivity index (χ2n) is 5.51. The van der Waals surface area contributed by atoms with E-state index in [1.807, 2.05) is 31.2 Å². The van der Waals surface area contributed by atoms with Crippen molar-refractivity contribution >= 4 is 44.4 Å². The van der Waals surface area contributed by atoms with Crippen LogP contribution in [0.4, 0.5) is 5.13 Å². The summed E-state index contributed by atoms with van der Waals surface area (Å²) in [6.07, 6.45) is 1.65. The molecule has 0 saturated carbocycles. The Labute approximate surface area is 168 Å². The minimum absolute atomic E-state index is 0.129. The van der Waals surface area contributed by atoms with Crippen LogP contribution in [0.3, 0.4) is 0 Å². The Bertz CT molecular complexity index is 1100. The highest BCUT2D eigenvalue weighted by Crippen LogP contribution is 2.29. The number of ether oxygens (including phenoxy) is 1. The molecular formula is C18H15N5O3S2. The number of thioether (sulfide) groups is 1. The third-order valence-electron chi connectivity index (χ3n) is 3.53. The van der Waals surface area contributed by atoms with Crippen molar-refractivity contribution in [1.29, 1.82) is 0 Å². The topological polar surface area (TPSA) is 103 Å². The Morgan fingerprint density at radius 2 is 2.21 bits per heavy atom. The average Bonchev–Trinajstić information content (AvgIpc) is 3.33. The van der Waals surface area contributed by atoms with E-state index in [-0.39, 0.29) is 11.7 Å². The third kappa shape index (κ3) is 4.29. The second-order valence-corrected chi connectivity index (χ2v) is 7.46. The molecule has 4 rings (SSSR count). The van der Waals surface area contributed by atoms with Crippen LogP contribution in [0.25, 0.3) is 21.8 Å². The highest BCUT2D eigenvalue weighted by Gasteiger charge is 2.13. The number of pyridine rings is 1. The van der Waals surface area contributed by atoms with E-state index in [2.05, 4.69) is 25.5 Å². The van der Waals surface area contributed by atoms with Crippen molar-refractivity contribution in [3.8, 4) is 17.3 Å². The average molecular weight is 413 g/mol. The van der Waals surface area contributed by atoms with Crippen LogP contribution < -0.4 is 10.1 Å². The van der Waals surface area contributed by atoms with Crippen molar-refractivity contribution < 1.29 is 13.9 Å². The number of anilines is 1. The molecule has 142 valence electrons. The molecule has 1 amide bonds. The highest BCUT2D eigenvalue weighted by molar-refractivity contribution is 7.99. The molecule has 3 heterocycles. The van der Waals surface area contributed by atoms with Crippen LogP contribution in [0.5, 0.6) is 5.75 Å². The zero-order chi connectivity index (χ0) is 19.3. The zero-order valence-electron chi connectivity index (χ0n) is 14.8. The number of carbonyl (C=O) groups excluding carboxylic acids is 1. The molecule has 10 heteroatoms. The molecule has 1 aromatic carbocycles. The summed E-state index contributed by atoms with van der Waals surface area (Å²) in [5.74, 6) is 1.03. The van der Waals surface area contributed by atoms with Crippen LogP contribution in [-0.4, -0.2) is 38.4 Å². The van der Waals surface area contributed by atoms with E-state index in [1.165, 1.54) is 11.3 Å². The summed E-state index contributed by atoms with van der Waals surface area (Å²) in [7, 11) is 0. The number of hydrogen-bond acceptors (Lipinski definition) is 9. The quantitative estimate of drug-likeness (QED) is 0.456. The molecule has 1 N–H and O–H groups in total. The number of nitrogens with zero attached hydrogens (tertiary/aromatic N) is 4. The minimum Gasteiger partial charge on any atom is -0.494 e. The molecule has 8 nitrogen and oxygen atoms in total. The molecule has 0 saturated heterocycles. The Balaban J connectivity index is 1.36. The highest BCUT2D eigenvalue weighted by atomic mass is 32.2. The van der Waals surface area contributed by atoms with Crippen LogP contribution in [0.2, 0.25) is 0 Å². The lowest BCUT2D eigenvalue weighted by molar-refractivity contribution is -0.113. The van der Waals surface area contributed by atoms with E-state index >= 15 is 0 Å². The lowest BCUT2D eigenvalue weighted by atomic mass is 10.3. The first kappa shape index (κ1) is 18.4. The molecule has 0 atom stereocenters. The third-order valence-corrected chi connectivity index (χ3v) is 5.29. The van der Waals surface area contributed by atoms with Gasteiger partial charge in [-0.1, -0.05) is 29.2 Å². The van der Waals surface area contributed by atoms with Gasteiger partial charge in [0, 0.05) is 6.20 Å². The van der Waals surface area contributed by atoms with Crippen molar-refractivity contribution in [1.82, 2.24) is 20.2 Å². The van der Waals surface area contributed by atoms with Gasteiger partial charge >= 0.3 is 0 Å². The van der Waals surface area contributed by atoms with E-state index < -0.39 is 0 Å². The van der Waals surface area contributed by atoms with Crippen LogP contribution in [0, 0.1) is 0 Å². The molecule has 0 aliphatic rings. The molecule has 0 radical (unpaired) electrons. The number of hydrogen-bond donors (Lipinski definition) is 1. The fraction of sp³-hybridized carbons (Fsp3) is 0.167. The predicted octanol–water partition coefficient (Wildman–Crippen LogP) is 3.87. The molecule has 0 bridgehead atoms. The maximum atomic E-state index is 12.2. The van der Waals surface area contributed by atoms with Gasteiger partial charge in [0.15, 0.2) is 5.13 Å². The number of thiazole rings is 1. The Morgan fingerprint density at radius 1 is 1.29 bits per heavy atom. The first-order valence-electron chi connectivity index (χ1n) is 8.42.